The third kappa shape index (κ3) is 5.11. The van der Waals surface area contributed by atoms with Gasteiger partial charge in [0.05, 0.1) is 12.1 Å². The van der Waals surface area contributed by atoms with Crippen molar-refractivity contribution in [2.24, 2.45) is 11.8 Å². The van der Waals surface area contributed by atoms with Crippen molar-refractivity contribution in [1.29, 1.82) is 0 Å². The number of carbonyl (C=O) groups excluding carboxylic acids is 2. The zero-order valence-corrected chi connectivity index (χ0v) is 16.9. The highest BCUT2D eigenvalue weighted by molar-refractivity contribution is 5.83. The first kappa shape index (κ1) is 19.9. The monoisotopic (exact) mass is 374 g/mol. The summed E-state index contributed by atoms with van der Waals surface area (Å²) in [5.41, 5.74) is 1.07. The van der Waals surface area contributed by atoms with Gasteiger partial charge in [0, 0.05) is 50.9 Å². The first-order valence-corrected chi connectivity index (χ1v) is 10.7. The first-order valence-electron chi connectivity index (χ1n) is 10.7. The van der Waals surface area contributed by atoms with E-state index in [4.69, 9.17) is 0 Å². The highest BCUT2D eigenvalue weighted by atomic mass is 16.2. The average molecular weight is 375 g/mol. The van der Waals surface area contributed by atoms with E-state index in [1.54, 1.807) is 0 Å². The molecular weight excluding hydrogens is 340 g/mol. The summed E-state index contributed by atoms with van der Waals surface area (Å²) in [4.78, 5) is 29.4. The second kappa shape index (κ2) is 9.38. The number of hydrogen-bond acceptors (Lipinski definition) is 3. The molecule has 1 aliphatic carbocycles. The number of aromatic nitrogens is 2. The summed E-state index contributed by atoms with van der Waals surface area (Å²) in [6, 6.07) is 0. The fraction of sp³-hybridized carbons (Fsp3) is 0.762. The molecule has 2 aliphatic rings. The summed E-state index contributed by atoms with van der Waals surface area (Å²) in [7, 11) is 0. The molecule has 1 aliphatic heterocycles. The van der Waals surface area contributed by atoms with Gasteiger partial charge in [0.25, 0.3) is 0 Å². The lowest BCUT2D eigenvalue weighted by Crippen LogP contribution is -2.48. The van der Waals surface area contributed by atoms with Crippen molar-refractivity contribution in [3.8, 4) is 0 Å². The van der Waals surface area contributed by atoms with E-state index in [-0.39, 0.29) is 17.7 Å². The van der Waals surface area contributed by atoms with Crippen LogP contribution in [0.1, 0.15) is 64.4 Å². The molecule has 0 spiro atoms. The fourth-order valence-electron chi connectivity index (χ4n) is 4.46. The number of aryl methyl sites for hydroxylation is 1. The van der Waals surface area contributed by atoms with Crippen LogP contribution in [0.25, 0.3) is 0 Å². The number of rotatable bonds is 7. The third-order valence-corrected chi connectivity index (χ3v) is 6.13. The summed E-state index contributed by atoms with van der Waals surface area (Å²) in [6.07, 6.45) is 11.4. The summed E-state index contributed by atoms with van der Waals surface area (Å²) < 4.78 is 1.89. The predicted octanol–water partition coefficient (Wildman–Crippen LogP) is 3.07. The minimum atomic E-state index is -0.0625. The van der Waals surface area contributed by atoms with Crippen LogP contribution in [0, 0.1) is 11.8 Å². The molecule has 1 aromatic rings. The maximum Gasteiger partial charge on any atom is 0.227 e. The second-order valence-electron chi connectivity index (χ2n) is 8.10. The summed E-state index contributed by atoms with van der Waals surface area (Å²) in [5, 5.41) is 4.31. The van der Waals surface area contributed by atoms with Gasteiger partial charge in [-0.05, 0) is 39.0 Å². The van der Waals surface area contributed by atoms with Gasteiger partial charge in [-0.25, -0.2) is 0 Å². The van der Waals surface area contributed by atoms with E-state index in [0.29, 0.717) is 38.4 Å². The van der Waals surface area contributed by atoms with Gasteiger partial charge in [0.2, 0.25) is 11.8 Å². The van der Waals surface area contributed by atoms with Crippen LogP contribution in [-0.4, -0.2) is 51.0 Å². The van der Waals surface area contributed by atoms with Gasteiger partial charge >= 0.3 is 0 Å². The molecule has 0 N–H and O–H groups in total. The van der Waals surface area contributed by atoms with Gasteiger partial charge < -0.3 is 9.80 Å². The molecule has 0 radical (unpaired) electrons. The lowest BCUT2D eigenvalue weighted by molar-refractivity contribution is -0.144. The maximum atomic E-state index is 13.1. The van der Waals surface area contributed by atoms with E-state index in [0.717, 1.165) is 18.7 Å². The molecule has 1 atom stereocenters. The van der Waals surface area contributed by atoms with Crippen LogP contribution >= 0.6 is 0 Å². The molecule has 1 unspecified atom stereocenters. The maximum absolute atomic E-state index is 13.1. The lowest BCUT2D eigenvalue weighted by Gasteiger charge is -2.37. The van der Waals surface area contributed by atoms with Crippen molar-refractivity contribution in [2.75, 3.05) is 19.6 Å². The van der Waals surface area contributed by atoms with E-state index in [9.17, 15) is 9.59 Å². The van der Waals surface area contributed by atoms with Crippen molar-refractivity contribution < 1.29 is 9.59 Å². The second-order valence-corrected chi connectivity index (χ2v) is 8.10. The van der Waals surface area contributed by atoms with Gasteiger partial charge in [-0.3, -0.25) is 14.3 Å². The molecule has 2 fully saturated rings. The minimum absolute atomic E-state index is 0.0625. The van der Waals surface area contributed by atoms with Crippen LogP contribution in [-0.2, 0) is 22.7 Å². The van der Waals surface area contributed by atoms with Gasteiger partial charge in [0.1, 0.15) is 0 Å². The quantitative estimate of drug-likeness (QED) is 0.737. The Morgan fingerprint density at radius 2 is 2.00 bits per heavy atom. The van der Waals surface area contributed by atoms with Crippen molar-refractivity contribution in [3.63, 3.8) is 0 Å². The fourth-order valence-corrected chi connectivity index (χ4v) is 4.46. The third-order valence-electron chi connectivity index (χ3n) is 6.13. The Labute approximate surface area is 162 Å². The summed E-state index contributed by atoms with van der Waals surface area (Å²) in [6.45, 7) is 7.64. The van der Waals surface area contributed by atoms with E-state index in [1.165, 1.54) is 32.1 Å². The number of amides is 2. The Hall–Kier alpha value is -1.85. The number of carbonyl (C=O) groups is 2. The zero-order chi connectivity index (χ0) is 19.2. The van der Waals surface area contributed by atoms with E-state index in [1.807, 2.05) is 33.8 Å². The highest BCUT2D eigenvalue weighted by Crippen LogP contribution is 2.27. The van der Waals surface area contributed by atoms with Crippen molar-refractivity contribution >= 4 is 11.8 Å². The van der Waals surface area contributed by atoms with Crippen molar-refractivity contribution in [1.82, 2.24) is 19.6 Å². The molecule has 1 saturated carbocycles. The molecular formula is C21H34N4O2. The SMILES string of the molecule is CCN(Cc1cnn(CC)c1)C(=O)C1CCC(=O)N(CC2CCCCC2)C1. The van der Waals surface area contributed by atoms with Crippen molar-refractivity contribution in [3.05, 3.63) is 18.0 Å². The Balaban J connectivity index is 1.59. The standard InChI is InChI=1S/C21H34N4O2/c1-3-23(14-18-12-22-25(4-2)15-18)21(27)19-10-11-20(26)24(16-19)13-17-8-6-5-7-9-17/h12,15,17,19H,3-11,13-14,16H2,1-2H3. The normalized spacial score (nSPS) is 21.5. The average Bonchev–Trinajstić information content (AvgIpc) is 3.16. The first-order chi connectivity index (χ1) is 13.1. The van der Waals surface area contributed by atoms with Gasteiger partial charge in [-0.15, -0.1) is 0 Å². The molecule has 2 amide bonds. The van der Waals surface area contributed by atoms with E-state index < -0.39 is 0 Å². The molecule has 0 bridgehead atoms. The Morgan fingerprint density at radius 3 is 2.67 bits per heavy atom. The molecule has 0 aromatic carbocycles. The van der Waals surface area contributed by atoms with Crippen LogP contribution in [0.5, 0.6) is 0 Å². The molecule has 2 heterocycles. The molecule has 1 saturated heterocycles. The van der Waals surface area contributed by atoms with Crippen LogP contribution in [0.3, 0.4) is 0 Å². The number of likely N-dealkylation sites (tertiary alicyclic amines) is 1. The minimum Gasteiger partial charge on any atom is -0.342 e. The molecule has 6 nitrogen and oxygen atoms in total. The van der Waals surface area contributed by atoms with E-state index in [2.05, 4.69) is 12.0 Å². The highest BCUT2D eigenvalue weighted by Gasteiger charge is 2.33. The topological polar surface area (TPSA) is 58.4 Å². The lowest BCUT2D eigenvalue weighted by atomic mass is 9.87. The molecule has 6 heteroatoms. The number of nitrogens with zero attached hydrogens (tertiary/aromatic N) is 4. The smallest absolute Gasteiger partial charge is 0.227 e. The van der Waals surface area contributed by atoms with Crippen LogP contribution in [0.15, 0.2) is 12.4 Å². The Morgan fingerprint density at radius 1 is 1.22 bits per heavy atom. The van der Waals surface area contributed by atoms with Gasteiger partial charge in [-0.1, -0.05) is 19.3 Å². The Bertz CT molecular complexity index is 636. The zero-order valence-electron chi connectivity index (χ0n) is 16.9. The largest absolute Gasteiger partial charge is 0.342 e. The molecule has 3 rings (SSSR count). The Kier molecular flexibility index (Phi) is 6.91. The molecule has 150 valence electrons. The van der Waals surface area contributed by atoms with Gasteiger partial charge in [0.15, 0.2) is 0 Å². The predicted molar refractivity (Wildman–Crippen MR) is 105 cm³/mol. The number of hydrogen-bond donors (Lipinski definition) is 0. The van der Waals surface area contributed by atoms with Gasteiger partial charge in [-0.2, -0.15) is 5.10 Å². The molecule has 27 heavy (non-hydrogen) atoms. The summed E-state index contributed by atoms with van der Waals surface area (Å²) in [5.74, 6) is 0.978. The van der Waals surface area contributed by atoms with Crippen LogP contribution in [0.4, 0.5) is 0 Å². The van der Waals surface area contributed by atoms with Crippen LogP contribution in [0.2, 0.25) is 0 Å². The number of piperidine rings is 1. The van der Waals surface area contributed by atoms with E-state index >= 15 is 0 Å². The van der Waals surface area contributed by atoms with Crippen LogP contribution < -0.4 is 0 Å². The summed E-state index contributed by atoms with van der Waals surface area (Å²) >= 11 is 0. The van der Waals surface area contributed by atoms with Crippen molar-refractivity contribution in [2.45, 2.75) is 71.9 Å². The molecule has 1 aromatic heterocycles.